The molecule has 108 valence electrons. The first-order chi connectivity index (χ1) is 9.49. The topological polar surface area (TPSA) is 66.8 Å². The number of hydrogen-bond acceptors (Lipinski definition) is 4. The van der Waals surface area contributed by atoms with E-state index >= 15 is 0 Å². The Morgan fingerprint density at radius 3 is 2.65 bits per heavy atom. The van der Waals surface area contributed by atoms with Crippen molar-refractivity contribution in [2.45, 2.75) is 25.9 Å². The Bertz CT molecular complexity index is 526. The number of carbonyl (C=O) groups excluding carboxylic acids is 2. The maximum absolute atomic E-state index is 12.0. The smallest absolute Gasteiger partial charge is 0.342 e. The minimum atomic E-state index is -0.848. The number of likely N-dealkylation sites (tertiary alicyclic amines) is 1. The molecule has 1 amide bonds. The van der Waals surface area contributed by atoms with Crippen molar-refractivity contribution < 1.29 is 19.4 Å². The zero-order valence-corrected chi connectivity index (χ0v) is 12.7. The molecule has 6 heteroatoms. The number of halogens is 1. The molecule has 1 atom stereocenters. The van der Waals surface area contributed by atoms with Crippen LogP contribution >= 0.6 is 15.9 Å². The summed E-state index contributed by atoms with van der Waals surface area (Å²) in [6.45, 7) is 2.97. The average Bonchev–Trinajstić information content (AvgIpc) is 2.94. The fourth-order valence-corrected chi connectivity index (χ4v) is 2.50. The van der Waals surface area contributed by atoms with E-state index in [4.69, 9.17) is 4.74 Å². The fraction of sp³-hybridized carbons (Fsp3) is 0.429. The van der Waals surface area contributed by atoms with Crippen molar-refractivity contribution in [2.24, 2.45) is 0 Å². The molecule has 1 N–H and O–H groups in total. The summed E-state index contributed by atoms with van der Waals surface area (Å²) >= 11 is 3.22. The molecule has 1 aromatic carbocycles. The van der Waals surface area contributed by atoms with Gasteiger partial charge >= 0.3 is 5.97 Å². The highest BCUT2D eigenvalue weighted by atomic mass is 79.9. The molecular weight excluding hydrogens is 326 g/mol. The third kappa shape index (κ3) is 3.30. The molecule has 1 aliphatic heterocycles. The number of hydrogen-bond donors (Lipinski definition) is 1. The number of carbonyl (C=O) groups is 2. The van der Waals surface area contributed by atoms with Crippen LogP contribution in [0.3, 0.4) is 0 Å². The van der Waals surface area contributed by atoms with E-state index in [9.17, 15) is 14.7 Å². The van der Waals surface area contributed by atoms with Crippen LogP contribution in [-0.2, 0) is 9.53 Å². The lowest BCUT2D eigenvalue weighted by atomic mass is 10.2. The zero-order valence-electron chi connectivity index (χ0n) is 11.1. The predicted octanol–water partition coefficient (Wildman–Crippen LogP) is 2.32. The summed E-state index contributed by atoms with van der Waals surface area (Å²) in [5.74, 6) is -1.06. The van der Waals surface area contributed by atoms with Gasteiger partial charge in [0.2, 0.25) is 0 Å². The first-order valence-electron chi connectivity index (χ1n) is 6.47. The molecule has 1 heterocycles. The number of amides is 1. The van der Waals surface area contributed by atoms with Crippen LogP contribution in [0.4, 0.5) is 0 Å². The van der Waals surface area contributed by atoms with Crippen molar-refractivity contribution in [1.29, 1.82) is 0 Å². The molecular formula is C14H16BrNO4. The fourth-order valence-electron chi connectivity index (χ4n) is 2.14. The molecule has 1 aromatic rings. The first-order valence-corrected chi connectivity index (χ1v) is 7.26. The molecule has 20 heavy (non-hydrogen) atoms. The van der Waals surface area contributed by atoms with E-state index in [0.717, 1.165) is 12.8 Å². The molecule has 2 rings (SSSR count). The second-order valence-electron chi connectivity index (χ2n) is 4.74. The molecule has 5 nitrogen and oxygen atoms in total. The van der Waals surface area contributed by atoms with E-state index in [1.54, 1.807) is 17.9 Å². The number of phenols is 1. The van der Waals surface area contributed by atoms with Crippen LogP contribution in [0, 0.1) is 0 Å². The van der Waals surface area contributed by atoms with E-state index < -0.39 is 12.1 Å². The van der Waals surface area contributed by atoms with Gasteiger partial charge in [-0.15, -0.1) is 0 Å². The Kier molecular flexibility index (Phi) is 4.65. The zero-order chi connectivity index (χ0) is 14.7. The first kappa shape index (κ1) is 14.8. The van der Waals surface area contributed by atoms with E-state index in [1.165, 1.54) is 12.1 Å². The summed E-state index contributed by atoms with van der Waals surface area (Å²) < 4.78 is 5.79. The lowest BCUT2D eigenvalue weighted by Gasteiger charge is -2.20. The van der Waals surface area contributed by atoms with Gasteiger partial charge in [-0.25, -0.2) is 4.79 Å². The Morgan fingerprint density at radius 1 is 1.35 bits per heavy atom. The van der Waals surface area contributed by atoms with Crippen molar-refractivity contribution in [1.82, 2.24) is 4.90 Å². The standard InChI is InChI=1S/C14H16BrNO4/c1-9(13(18)16-6-2-3-7-16)20-14(19)11-8-10(15)4-5-12(11)17/h4-5,8-9,17H,2-3,6-7H2,1H3/t9-/m1/s1. The third-order valence-electron chi connectivity index (χ3n) is 3.23. The molecule has 0 aromatic heterocycles. The Hall–Kier alpha value is -1.56. The molecule has 0 radical (unpaired) electrons. The van der Waals surface area contributed by atoms with E-state index in [-0.39, 0.29) is 17.2 Å². The number of aromatic hydroxyl groups is 1. The largest absolute Gasteiger partial charge is 0.507 e. The molecule has 1 aliphatic rings. The van der Waals surface area contributed by atoms with Crippen LogP contribution in [0.25, 0.3) is 0 Å². The Balaban J connectivity index is 2.03. The maximum Gasteiger partial charge on any atom is 0.342 e. The average molecular weight is 342 g/mol. The van der Waals surface area contributed by atoms with Crippen molar-refractivity contribution in [3.8, 4) is 5.75 Å². The minimum absolute atomic E-state index is 0.0421. The number of rotatable bonds is 3. The second kappa shape index (κ2) is 6.26. The van der Waals surface area contributed by atoms with Gasteiger partial charge in [0, 0.05) is 17.6 Å². The lowest BCUT2D eigenvalue weighted by molar-refractivity contribution is -0.138. The van der Waals surface area contributed by atoms with Crippen molar-refractivity contribution in [3.63, 3.8) is 0 Å². The number of ether oxygens (including phenoxy) is 1. The quantitative estimate of drug-likeness (QED) is 0.856. The van der Waals surface area contributed by atoms with Gasteiger partial charge in [0.05, 0.1) is 0 Å². The van der Waals surface area contributed by atoms with Crippen LogP contribution in [0.15, 0.2) is 22.7 Å². The molecule has 1 saturated heterocycles. The van der Waals surface area contributed by atoms with Gasteiger partial charge in [-0.05, 0) is 38.0 Å². The Labute approximate surface area is 125 Å². The Morgan fingerprint density at radius 2 is 2.00 bits per heavy atom. The van der Waals surface area contributed by atoms with E-state index in [1.807, 2.05) is 0 Å². The number of benzene rings is 1. The maximum atomic E-state index is 12.0. The van der Waals surface area contributed by atoms with Gasteiger partial charge in [0.1, 0.15) is 11.3 Å². The monoisotopic (exact) mass is 341 g/mol. The van der Waals surface area contributed by atoms with Crippen LogP contribution in [0.1, 0.15) is 30.1 Å². The summed E-state index contributed by atoms with van der Waals surface area (Å²) in [6.07, 6.45) is 1.12. The van der Waals surface area contributed by atoms with Gasteiger partial charge in [-0.2, -0.15) is 0 Å². The highest BCUT2D eigenvalue weighted by Crippen LogP contribution is 2.23. The van der Waals surface area contributed by atoms with Gasteiger partial charge < -0.3 is 14.7 Å². The van der Waals surface area contributed by atoms with Crippen LogP contribution in [0.2, 0.25) is 0 Å². The van der Waals surface area contributed by atoms with Crippen LogP contribution < -0.4 is 0 Å². The van der Waals surface area contributed by atoms with E-state index in [2.05, 4.69) is 15.9 Å². The van der Waals surface area contributed by atoms with Crippen molar-refractivity contribution >= 4 is 27.8 Å². The summed E-state index contributed by atoms with van der Waals surface area (Å²) in [7, 11) is 0. The number of esters is 1. The van der Waals surface area contributed by atoms with Gasteiger partial charge in [-0.1, -0.05) is 15.9 Å². The van der Waals surface area contributed by atoms with Crippen molar-refractivity contribution in [3.05, 3.63) is 28.2 Å². The second-order valence-corrected chi connectivity index (χ2v) is 5.66. The summed E-state index contributed by atoms with van der Waals surface area (Å²) in [5, 5.41) is 9.65. The minimum Gasteiger partial charge on any atom is -0.507 e. The molecule has 0 unspecified atom stereocenters. The van der Waals surface area contributed by atoms with Crippen molar-refractivity contribution in [2.75, 3.05) is 13.1 Å². The predicted molar refractivity (Wildman–Crippen MR) is 76.5 cm³/mol. The number of phenolic OH excluding ortho intramolecular Hbond substituents is 1. The SMILES string of the molecule is C[C@@H](OC(=O)c1cc(Br)ccc1O)C(=O)N1CCCC1. The molecule has 1 fully saturated rings. The highest BCUT2D eigenvalue weighted by molar-refractivity contribution is 9.10. The molecule has 0 bridgehead atoms. The summed E-state index contributed by atoms with van der Waals surface area (Å²) in [6, 6.07) is 4.48. The summed E-state index contributed by atoms with van der Waals surface area (Å²) in [5.41, 5.74) is 0.0421. The van der Waals surface area contributed by atoms with Gasteiger partial charge in [-0.3, -0.25) is 4.79 Å². The summed E-state index contributed by atoms with van der Waals surface area (Å²) in [4.78, 5) is 25.7. The molecule has 0 aliphatic carbocycles. The third-order valence-corrected chi connectivity index (χ3v) is 3.72. The lowest BCUT2D eigenvalue weighted by Crippen LogP contribution is -2.38. The number of nitrogens with zero attached hydrogens (tertiary/aromatic N) is 1. The molecule has 0 spiro atoms. The normalized spacial score (nSPS) is 16.0. The highest BCUT2D eigenvalue weighted by Gasteiger charge is 2.27. The van der Waals surface area contributed by atoms with Crippen LogP contribution in [-0.4, -0.2) is 41.1 Å². The molecule has 0 saturated carbocycles. The van der Waals surface area contributed by atoms with Gasteiger partial charge in [0.15, 0.2) is 6.10 Å². The van der Waals surface area contributed by atoms with Crippen LogP contribution in [0.5, 0.6) is 5.75 Å². The van der Waals surface area contributed by atoms with Gasteiger partial charge in [0.25, 0.3) is 5.91 Å². The van der Waals surface area contributed by atoms with E-state index in [0.29, 0.717) is 17.6 Å².